The monoisotopic (exact) mass is 256 g/mol. The Morgan fingerprint density at radius 3 is 2.50 bits per heavy atom. The molecule has 2 atom stereocenters. The summed E-state index contributed by atoms with van der Waals surface area (Å²) in [6.07, 6.45) is 2.52. The van der Waals surface area contributed by atoms with E-state index in [0.29, 0.717) is 19.4 Å². The predicted octanol–water partition coefficient (Wildman–Crippen LogP) is 1.22. The van der Waals surface area contributed by atoms with Crippen molar-refractivity contribution in [3.8, 4) is 0 Å². The molecule has 0 spiro atoms. The number of carbonyl (C=O) groups is 2. The zero-order valence-electron chi connectivity index (χ0n) is 11.5. The van der Waals surface area contributed by atoms with Crippen LogP contribution in [-0.4, -0.2) is 40.0 Å². The molecule has 0 saturated carbocycles. The Balaban J connectivity index is 2.98. The first kappa shape index (κ1) is 15.0. The fourth-order valence-corrected chi connectivity index (χ4v) is 2.67. The van der Waals surface area contributed by atoms with Gasteiger partial charge in [-0.15, -0.1) is 0 Å². The molecule has 1 amide bonds. The van der Waals surface area contributed by atoms with E-state index in [1.807, 2.05) is 20.8 Å². The second-order valence-electron chi connectivity index (χ2n) is 5.45. The van der Waals surface area contributed by atoms with E-state index in [-0.39, 0.29) is 11.8 Å². The molecule has 0 aliphatic carbocycles. The molecule has 2 unspecified atom stereocenters. The van der Waals surface area contributed by atoms with Crippen molar-refractivity contribution in [2.45, 2.75) is 58.0 Å². The summed E-state index contributed by atoms with van der Waals surface area (Å²) in [5.41, 5.74) is 4.84. The second-order valence-corrected chi connectivity index (χ2v) is 5.45. The van der Waals surface area contributed by atoms with Gasteiger partial charge in [0.2, 0.25) is 5.91 Å². The largest absolute Gasteiger partial charge is 0.479 e. The molecule has 0 bridgehead atoms. The Morgan fingerprint density at radius 2 is 2.06 bits per heavy atom. The first-order valence-electron chi connectivity index (χ1n) is 6.67. The third-order valence-corrected chi connectivity index (χ3v) is 3.82. The van der Waals surface area contributed by atoms with Gasteiger partial charge in [-0.25, -0.2) is 4.79 Å². The number of likely N-dealkylation sites (tertiary alicyclic amines) is 1. The number of rotatable bonds is 5. The SMILES string of the molecule is CCCC1(C(=O)O)CCCN1C(=O)C(N)C(C)C. The maximum Gasteiger partial charge on any atom is 0.329 e. The molecule has 1 aliphatic heterocycles. The Hall–Kier alpha value is -1.10. The van der Waals surface area contributed by atoms with Crippen molar-refractivity contribution in [2.75, 3.05) is 6.54 Å². The van der Waals surface area contributed by atoms with Gasteiger partial charge >= 0.3 is 5.97 Å². The summed E-state index contributed by atoms with van der Waals surface area (Å²) in [5, 5.41) is 9.50. The number of carbonyl (C=O) groups excluding carboxylic acids is 1. The maximum absolute atomic E-state index is 12.3. The van der Waals surface area contributed by atoms with Gasteiger partial charge in [0.1, 0.15) is 5.54 Å². The van der Waals surface area contributed by atoms with Crippen molar-refractivity contribution in [1.82, 2.24) is 4.90 Å². The fraction of sp³-hybridized carbons (Fsp3) is 0.846. The maximum atomic E-state index is 12.3. The van der Waals surface area contributed by atoms with Crippen molar-refractivity contribution >= 4 is 11.9 Å². The molecule has 0 radical (unpaired) electrons. The molecule has 0 aromatic rings. The zero-order valence-corrected chi connectivity index (χ0v) is 11.5. The van der Waals surface area contributed by atoms with Gasteiger partial charge in [0.25, 0.3) is 0 Å². The van der Waals surface area contributed by atoms with E-state index in [4.69, 9.17) is 5.73 Å². The third-order valence-electron chi connectivity index (χ3n) is 3.82. The van der Waals surface area contributed by atoms with Crippen LogP contribution >= 0.6 is 0 Å². The van der Waals surface area contributed by atoms with Gasteiger partial charge in [-0.05, 0) is 25.2 Å². The van der Waals surface area contributed by atoms with E-state index in [0.717, 1.165) is 12.8 Å². The number of aliphatic carboxylic acids is 1. The van der Waals surface area contributed by atoms with Gasteiger partial charge in [-0.1, -0.05) is 27.2 Å². The Morgan fingerprint density at radius 1 is 1.44 bits per heavy atom. The van der Waals surface area contributed by atoms with Crippen molar-refractivity contribution in [1.29, 1.82) is 0 Å². The molecule has 1 aliphatic rings. The van der Waals surface area contributed by atoms with Gasteiger partial charge < -0.3 is 15.7 Å². The smallest absolute Gasteiger partial charge is 0.329 e. The van der Waals surface area contributed by atoms with Crippen molar-refractivity contribution in [2.24, 2.45) is 11.7 Å². The van der Waals surface area contributed by atoms with Crippen LogP contribution in [0.5, 0.6) is 0 Å². The molecule has 3 N–H and O–H groups in total. The number of carboxylic acids is 1. The average Bonchev–Trinajstić information content (AvgIpc) is 2.72. The second kappa shape index (κ2) is 5.69. The molecule has 104 valence electrons. The molecule has 1 heterocycles. The lowest BCUT2D eigenvalue weighted by atomic mass is 9.89. The van der Waals surface area contributed by atoms with Crippen LogP contribution < -0.4 is 5.73 Å². The third kappa shape index (κ3) is 2.51. The lowest BCUT2D eigenvalue weighted by Crippen LogP contribution is -2.58. The summed E-state index contributed by atoms with van der Waals surface area (Å²) < 4.78 is 0. The van der Waals surface area contributed by atoms with Crippen LogP contribution in [0.3, 0.4) is 0 Å². The van der Waals surface area contributed by atoms with Crippen LogP contribution in [0.1, 0.15) is 46.5 Å². The number of nitrogens with zero attached hydrogens (tertiary/aromatic N) is 1. The van der Waals surface area contributed by atoms with Crippen LogP contribution in [0.15, 0.2) is 0 Å². The van der Waals surface area contributed by atoms with Gasteiger partial charge in [0.15, 0.2) is 0 Å². The fourth-order valence-electron chi connectivity index (χ4n) is 2.67. The Bertz CT molecular complexity index is 330. The highest BCUT2D eigenvalue weighted by Crippen LogP contribution is 2.34. The molecule has 0 aromatic heterocycles. The van der Waals surface area contributed by atoms with E-state index in [1.54, 1.807) is 0 Å². The predicted molar refractivity (Wildman–Crippen MR) is 69.0 cm³/mol. The summed E-state index contributed by atoms with van der Waals surface area (Å²) in [6, 6.07) is -0.612. The Kier molecular flexibility index (Phi) is 4.73. The molecule has 5 nitrogen and oxygen atoms in total. The van der Waals surface area contributed by atoms with E-state index >= 15 is 0 Å². The number of carboxylic acid groups (broad SMARTS) is 1. The highest BCUT2D eigenvalue weighted by Gasteiger charge is 2.50. The summed E-state index contributed by atoms with van der Waals surface area (Å²) >= 11 is 0. The topological polar surface area (TPSA) is 83.6 Å². The molecule has 18 heavy (non-hydrogen) atoms. The molecule has 0 aromatic carbocycles. The van der Waals surface area contributed by atoms with Gasteiger partial charge in [-0.2, -0.15) is 0 Å². The van der Waals surface area contributed by atoms with Crippen LogP contribution in [0.4, 0.5) is 0 Å². The molecule has 1 saturated heterocycles. The Labute approximate surface area is 108 Å². The highest BCUT2D eigenvalue weighted by atomic mass is 16.4. The van der Waals surface area contributed by atoms with Crippen LogP contribution in [-0.2, 0) is 9.59 Å². The first-order chi connectivity index (χ1) is 8.36. The van der Waals surface area contributed by atoms with Crippen molar-refractivity contribution in [3.63, 3.8) is 0 Å². The van der Waals surface area contributed by atoms with Crippen molar-refractivity contribution in [3.05, 3.63) is 0 Å². The van der Waals surface area contributed by atoms with E-state index < -0.39 is 17.6 Å². The van der Waals surface area contributed by atoms with Gasteiger partial charge in [0, 0.05) is 6.54 Å². The summed E-state index contributed by atoms with van der Waals surface area (Å²) in [7, 11) is 0. The van der Waals surface area contributed by atoms with E-state index in [9.17, 15) is 14.7 Å². The molecule has 1 fully saturated rings. The van der Waals surface area contributed by atoms with Crippen LogP contribution in [0.25, 0.3) is 0 Å². The molecular weight excluding hydrogens is 232 g/mol. The zero-order chi connectivity index (χ0) is 13.9. The van der Waals surface area contributed by atoms with E-state index in [1.165, 1.54) is 4.90 Å². The minimum atomic E-state index is -1.03. The normalized spacial score (nSPS) is 25.5. The number of amides is 1. The van der Waals surface area contributed by atoms with Gasteiger partial charge in [-0.3, -0.25) is 4.79 Å². The lowest BCUT2D eigenvalue weighted by Gasteiger charge is -2.36. The molecule has 1 rings (SSSR count). The number of hydrogen-bond donors (Lipinski definition) is 2. The molecule has 5 heteroatoms. The minimum absolute atomic E-state index is 0.0196. The summed E-state index contributed by atoms with van der Waals surface area (Å²) in [5.74, 6) is -1.10. The van der Waals surface area contributed by atoms with E-state index in [2.05, 4.69) is 0 Å². The first-order valence-corrected chi connectivity index (χ1v) is 6.67. The highest BCUT2D eigenvalue weighted by molar-refractivity contribution is 5.90. The van der Waals surface area contributed by atoms with Crippen LogP contribution in [0, 0.1) is 5.92 Å². The number of nitrogens with two attached hydrogens (primary N) is 1. The van der Waals surface area contributed by atoms with Crippen LogP contribution in [0.2, 0.25) is 0 Å². The lowest BCUT2D eigenvalue weighted by molar-refractivity contribution is -0.158. The summed E-state index contributed by atoms with van der Waals surface area (Å²) in [6.45, 7) is 6.20. The molecular formula is C13H24N2O3. The minimum Gasteiger partial charge on any atom is -0.479 e. The standard InChI is InChI=1S/C13H24N2O3/c1-4-6-13(12(17)18)7-5-8-15(13)11(16)10(14)9(2)3/h9-10H,4-8,14H2,1-3H3,(H,17,18). The van der Waals surface area contributed by atoms with Crippen molar-refractivity contribution < 1.29 is 14.7 Å². The average molecular weight is 256 g/mol. The summed E-state index contributed by atoms with van der Waals surface area (Å²) in [4.78, 5) is 25.4. The number of hydrogen-bond acceptors (Lipinski definition) is 3. The quantitative estimate of drug-likeness (QED) is 0.774. The van der Waals surface area contributed by atoms with Gasteiger partial charge in [0.05, 0.1) is 6.04 Å².